The monoisotopic (exact) mass is 299 g/mol. The molecule has 0 spiro atoms. The molecule has 2 atom stereocenters. The van der Waals surface area contributed by atoms with E-state index in [0.717, 1.165) is 18.0 Å². The van der Waals surface area contributed by atoms with E-state index in [2.05, 4.69) is 55.6 Å². The van der Waals surface area contributed by atoms with Crippen molar-refractivity contribution < 1.29 is 0 Å². The van der Waals surface area contributed by atoms with Gasteiger partial charge in [0.05, 0.1) is 0 Å². The van der Waals surface area contributed by atoms with Crippen LogP contribution in [0.25, 0.3) is 0 Å². The first kappa shape index (κ1) is 14.6. The van der Waals surface area contributed by atoms with Gasteiger partial charge in [0.1, 0.15) is 0 Å². The van der Waals surface area contributed by atoms with Crippen molar-refractivity contribution in [1.82, 2.24) is 5.32 Å². The van der Waals surface area contributed by atoms with Crippen molar-refractivity contribution in [3.8, 4) is 0 Å². The third-order valence-electron chi connectivity index (χ3n) is 4.62. The Kier molecular flexibility index (Phi) is 4.32. The molecule has 0 bridgehead atoms. The van der Waals surface area contributed by atoms with Crippen LogP contribution >= 0.6 is 11.6 Å². The highest BCUT2D eigenvalue weighted by Crippen LogP contribution is 2.41. The average molecular weight is 300 g/mol. The van der Waals surface area contributed by atoms with Crippen LogP contribution in [0, 0.1) is 6.92 Å². The van der Waals surface area contributed by atoms with E-state index in [1.54, 1.807) is 0 Å². The summed E-state index contributed by atoms with van der Waals surface area (Å²) in [5, 5.41) is 4.50. The summed E-state index contributed by atoms with van der Waals surface area (Å²) in [4.78, 5) is 0. The Morgan fingerprint density at radius 2 is 2.00 bits per heavy atom. The van der Waals surface area contributed by atoms with Gasteiger partial charge in [0.15, 0.2) is 0 Å². The van der Waals surface area contributed by atoms with Crippen molar-refractivity contribution in [2.45, 2.75) is 38.6 Å². The maximum Gasteiger partial charge on any atom is 0.0438 e. The van der Waals surface area contributed by atoms with Gasteiger partial charge in [-0.25, -0.2) is 0 Å². The molecule has 0 saturated carbocycles. The summed E-state index contributed by atoms with van der Waals surface area (Å²) >= 11 is 6.30. The molecule has 1 aliphatic rings. The number of nitrogens with one attached hydrogen (secondary N) is 1. The molecule has 2 unspecified atom stereocenters. The lowest BCUT2D eigenvalue weighted by atomic mass is 9.73. The summed E-state index contributed by atoms with van der Waals surface area (Å²) in [6, 6.07) is 15.4. The van der Waals surface area contributed by atoms with Gasteiger partial charge in [-0.05, 0) is 60.5 Å². The van der Waals surface area contributed by atoms with Crippen molar-refractivity contribution in [2.24, 2.45) is 0 Å². The maximum absolute atomic E-state index is 6.30. The molecule has 0 aromatic heterocycles. The van der Waals surface area contributed by atoms with Crippen LogP contribution in [0.4, 0.5) is 0 Å². The molecule has 2 heteroatoms. The zero-order valence-corrected chi connectivity index (χ0v) is 13.5. The molecule has 0 aliphatic heterocycles. The minimum absolute atomic E-state index is 0.382. The smallest absolute Gasteiger partial charge is 0.0438 e. The zero-order chi connectivity index (χ0) is 14.8. The highest BCUT2D eigenvalue weighted by molar-refractivity contribution is 6.31. The molecule has 1 nitrogen and oxygen atoms in total. The van der Waals surface area contributed by atoms with Crippen LogP contribution in [0.5, 0.6) is 0 Å². The van der Waals surface area contributed by atoms with E-state index in [0.29, 0.717) is 12.0 Å². The molecule has 21 heavy (non-hydrogen) atoms. The number of hydrogen-bond donors (Lipinski definition) is 1. The van der Waals surface area contributed by atoms with Gasteiger partial charge >= 0.3 is 0 Å². The Morgan fingerprint density at radius 3 is 2.76 bits per heavy atom. The van der Waals surface area contributed by atoms with E-state index in [4.69, 9.17) is 11.6 Å². The molecular weight excluding hydrogens is 278 g/mol. The Hall–Kier alpha value is -1.31. The molecule has 2 aromatic carbocycles. The molecule has 0 fully saturated rings. The van der Waals surface area contributed by atoms with Crippen LogP contribution in [-0.4, -0.2) is 6.54 Å². The fourth-order valence-electron chi connectivity index (χ4n) is 3.43. The fourth-order valence-corrected chi connectivity index (χ4v) is 3.61. The van der Waals surface area contributed by atoms with Crippen LogP contribution < -0.4 is 5.32 Å². The van der Waals surface area contributed by atoms with Crippen molar-refractivity contribution in [2.75, 3.05) is 6.54 Å². The quantitative estimate of drug-likeness (QED) is 0.816. The van der Waals surface area contributed by atoms with Gasteiger partial charge in [-0.2, -0.15) is 0 Å². The van der Waals surface area contributed by atoms with Crippen molar-refractivity contribution in [1.29, 1.82) is 0 Å². The number of rotatable bonds is 5. The van der Waals surface area contributed by atoms with Crippen LogP contribution in [0.1, 0.15) is 47.6 Å². The van der Waals surface area contributed by atoms with Crippen LogP contribution in [0.3, 0.4) is 0 Å². The van der Waals surface area contributed by atoms with Gasteiger partial charge in [0.25, 0.3) is 0 Å². The predicted octanol–water partition coefficient (Wildman–Crippen LogP) is 5.03. The van der Waals surface area contributed by atoms with Crippen LogP contribution in [-0.2, 0) is 6.42 Å². The molecule has 0 radical (unpaired) electrons. The lowest BCUT2D eigenvalue weighted by Gasteiger charge is -2.34. The van der Waals surface area contributed by atoms with Crippen LogP contribution in [0.2, 0.25) is 5.02 Å². The third-order valence-corrected chi connectivity index (χ3v) is 5.03. The first-order valence-electron chi connectivity index (χ1n) is 7.77. The van der Waals surface area contributed by atoms with E-state index in [1.807, 2.05) is 6.07 Å². The number of fused-ring (bicyclic) bond motifs is 1. The van der Waals surface area contributed by atoms with Gasteiger partial charge in [0.2, 0.25) is 0 Å². The lowest BCUT2D eigenvalue weighted by Crippen LogP contribution is -2.27. The summed E-state index contributed by atoms with van der Waals surface area (Å²) in [5.74, 6) is 0.670. The molecule has 1 N–H and O–H groups in total. The van der Waals surface area contributed by atoms with Gasteiger partial charge < -0.3 is 5.32 Å². The maximum atomic E-state index is 6.30. The van der Waals surface area contributed by atoms with E-state index < -0.39 is 0 Å². The minimum Gasteiger partial charge on any atom is -0.310 e. The Morgan fingerprint density at radius 1 is 1.19 bits per heavy atom. The highest BCUT2D eigenvalue weighted by atomic mass is 35.5. The molecular formula is C19H22ClN. The second kappa shape index (κ2) is 6.21. The average Bonchev–Trinajstić information content (AvgIpc) is 2.47. The molecule has 1 aliphatic carbocycles. The first-order chi connectivity index (χ1) is 10.2. The number of halogens is 1. The predicted molar refractivity (Wildman–Crippen MR) is 90.1 cm³/mol. The molecule has 0 heterocycles. The van der Waals surface area contributed by atoms with Gasteiger partial charge in [0, 0.05) is 11.1 Å². The van der Waals surface area contributed by atoms with Crippen molar-refractivity contribution in [3.63, 3.8) is 0 Å². The largest absolute Gasteiger partial charge is 0.310 e. The minimum atomic E-state index is 0.382. The number of benzene rings is 2. The Labute approximate surface area is 132 Å². The molecule has 3 rings (SSSR count). The highest BCUT2D eigenvalue weighted by Gasteiger charge is 2.28. The molecule has 110 valence electrons. The van der Waals surface area contributed by atoms with Gasteiger partial charge in [-0.15, -0.1) is 0 Å². The zero-order valence-electron chi connectivity index (χ0n) is 12.7. The van der Waals surface area contributed by atoms with E-state index >= 15 is 0 Å². The van der Waals surface area contributed by atoms with E-state index in [-0.39, 0.29) is 0 Å². The van der Waals surface area contributed by atoms with E-state index in [1.165, 1.54) is 28.7 Å². The summed E-state index contributed by atoms with van der Waals surface area (Å²) < 4.78 is 0. The fraction of sp³-hybridized carbons (Fsp3) is 0.368. The second-order valence-electron chi connectivity index (χ2n) is 5.90. The Balaban J connectivity index is 1.82. The molecule has 0 amide bonds. The van der Waals surface area contributed by atoms with Gasteiger partial charge in [-0.3, -0.25) is 0 Å². The standard InChI is InChI=1S/C19H22ClN/c1-3-21-19(16-9-6-10-18(20)13(16)2)12-15-11-14-7-4-5-8-17(14)15/h4-10,15,19,21H,3,11-12H2,1-2H3. The van der Waals surface area contributed by atoms with Crippen LogP contribution in [0.15, 0.2) is 42.5 Å². The normalized spacial score (nSPS) is 18.0. The van der Waals surface area contributed by atoms with E-state index in [9.17, 15) is 0 Å². The Bertz CT molecular complexity index is 635. The second-order valence-corrected chi connectivity index (χ2v) is 6.31. The summed E-state index contributed by atoms with van der Waals surface area (Å²) in [5.41, 5.74) is 5.59. The lowest BCUT2D eigenvalue weighted by molar-refractivity contribution is 0.434. The molecule has 0 saturated heterocycles. The van der Waals surface area contributed by atoms with Gasteiger partial charge in [-0.1, -0.05) is 54.9 Å². The summed E-state index contributed by atoms with van der Waals surface area (Å²) in [6.45, 7) is 5.27. The number of hydrogen-bond acceptors (Lipinski definition) is 1. The van der Waals surface area contributed by atoms with Crippen molar-refractivity contribution in [3.05, 3.63) is 69.7 Å². The van der Waals surface area contributed by atoms with Crippen molar-refractivity contribution >= 4 is 11.6 Å². The first-order valence-corrected chi connectivity index (χ1v) is 8.14. The SMILES string of the molecule is CCNC(CC1Cc2ccccc21)c1cccc(Cl)c1C. The summed E-state index contributed by atoms with van der Waals surface area (Å²) in [6.07, 6.45) is 2.35. The topological polar surface area (TPSA) is 12.0 Å². The summed E-state index contributed by atoms with van der Waals surface area (Å²) in [7, 11) is 0. The third kappa shape index (κ3) is 2.86. The molecule has 2 aromatic rings.